The van der Waals surface area contributed by atoms with E-state index in [2.05, 4.69) is 0 Å². The van der Waals surface area contributed by atoms with Crippen molar-refractivity contribution in [3.8, 4) is 0 Å². The molecule has 2 rings (SSSR count). The Bertz CT molecular complexity index is 271. The van der Waals surface area contributed by atoms with Gasteiger partial charge in [0, 0.05) is 0 Å². The molecule has 3 atom stereocenters. The minimum Gasteiger partial charge on any atom is -0.390 e. The van der Waals surface area contributed by atoms with Gasteiger partial charge in [0.15, 0.2) is 0 Å². The number of benzene rings is 1. The van der Waals surface area contributed by atoms with Crippen molar-refractivity contribution in [1.82, 2.24) is 0 Å². The van der Waals surface area contributed by atoms with E-state index in [1.54, 1.807) is 0 Å². The van der Waals surface area contributed by atoms with Crippen LogP contribution in [0.25, 0.3) is 0 Å². The summed E-state index contributed by atoms with van der Waals surface area (Å²) in [6.45, 7) is 1.97. The average molecular weight is 178 g/mol. The van der Waals surface area contributed by atoms with E-state index in [0.717, 1.165) is 6.42 Å². The molecule has 1 aromatic carbocycles. The van der Waals surface area contributed by atoms with E-state index in [9.17, 15) is 5.11 Å². The van der Waals surface area contributed by atoms with E-state index in [1.165, 1.54) is 5.56 Å². The molecule has 0 aromatic heterocycles. The third-order valence-corrected chi connectivity index (χ3v) is 2.45. The van der Waals surface area contributed by atoms with E-state index in [1.807, 2.05) is 37.3 Å². The standard InChI is InChI=1S/C11H14O2/c1-2-9(12)11-10(13-11)8-6-4-3-5-7-8/h3-7,9-12H,2H2,1H3/t9-,10-,11-/m1/s1. The van der Waals surface area contributed by atoms with Crippen LogP contribution in [-0.4, -0.2) is 17.3 Å². The Morgan fingerprint density at radius 2 is 2.08 bits per heavy atom. The lowest BCUT2D eigenvalue weighted by Crippen LogP contribution is -2.13. The van der Waals surface area contributed by atoms with Crippen molar-refractivity contribution in [2.24, 2.45) is 0 Å². The second-order valence-electron chi connectivity index (χ2n) is 3.41. The first-order valence-electron chi connectivity index (χ1n) is 4.71. The lowest BCUT2D eigenvalue weighted by atomic mass is 10.1. The molecule has 0 unspecified atom stereocenters. The van der Waals surface area contributed by atoms with Crippen molar-refractivity contribution >= 4 is 0 Å². The van der Waals surface area contributed by atoms with Crippen LogP contribution >= 0.6 is 0 Å². The van der Waals surface area contributed by atoms with Gasteiger partial charge in [-0.15, -0.1) is 0 Å². The molecule has 0 saturated carbocycles. The molecule has 1 aliphatic heterocycles. The van der Waals surface area contributed by atoms with Crippen LogP contribution in [0.15, 0.2) is 30.3 Å². The Kier molecular flexibility index (Phi) is 2.34. The predicted octanol–water partition coefficient (Wildman–Crippen LogP) is 1.90. The molecule has 13 heavy (non-hydrogen) atoms. The van der Waals surface area contributed by atoms with Gasteiger partial charge in [0.1, 0.15) is 12.2 Å². The molecule has 0 amide bonds. The lowest BCUT2D eigenvalue weighted by molar-refractivity contribution is 0.131. The molecule has 0 radical (unpaired) electrons. The van der Waals surface area contributed by atoms with Gasteiger partial charge in [-0.3, -0.25) is 0 Å². The topological polar surface area (TPSA) is 32.8 Å². The Morgan fingerprint density at radius 1 is 1.38 bits per heavy atom. The number of ether oxygens (including phenoxy) is 1. The molecule has 1 heterocycles. The fraction of sp³-hybridized carbons (Fsp3) is 0.455. The maximum Gasteiger partial charge on any atom is 0.115 e. The molecule has 1 saturated heterocycles. The summed E-state index contributed by atoms with van der Waals surface area (Å²) in [5, 5.41) is 9.50. The number of aliphatic hydroxyl groups excluding tert-OH is 1. The fourth-order valence-corrected chi connectivity index (χ4v) is 1.56. The van der Waals surface area contributed by atoms with Gasteiger partial charge in [0.2, 0.25) is 0 Å². The van der Waals surface area contributed by atoms with Crippen LogP contribution in [0.4, 0.5) is 0 Å². The zero-order valence-electron chi connectivity index (χ0n) is 7.68. The summed E-state index contributed by atoms with van der Waals surface area (Å²) >= 11 is 0. The molecule has 0 bridgehead atoms. The third-order valence-electron chi connectivity index (χ3n) is 2.45. The Balaban J connectivity index is 2.00. The maximum absolute atomic E-state index is 9.50. The number of epoxide rings is 1. The highest BCUT2D eigenvalue weighted by molar-refractivity contribution is 5.22. The van der Waals surface area contributed by atoms with Gasteiger partial charge in [-0.2, -0.15) is 0 Å². The largest absolute Gasteiger partial charge is 0.390 e. The first kappa shape index (κ1) is 8.73. The minimum absolute atomic E-state index is 0.0207. The zero-order chi connectivity index (χ0) is 9.26. The van der Waals surface area contributed by atoms with Crippen LogP contribution in [0.5, 0.6) is 0 Å². The minimum atomic E-state index is -0.315. The zero-order valence-corrected chi connectivity index (χ0v) is 7.68. The van der Waals surface area contributed by atoms with Gasteiger partial charge in [-0.05, 0) is 12.0 Å². The normalized spacial score (nSPS) is 28.5. The molecule has 1 fully saturated rings. The number of rotatable bonds is 3. The molecular weight excluding hydrogens is 164 g/mol. The predicted molar refractivity (Wildman–Crippen MR) is 50.4 cm³/mol. The molecule has 1 aliphatic rings. The van der Waals surface area contributed by atoms with Gasteiger partial charge in [-0.1, -0.05) is 37.3 Å². The molecule has 2 heteroatoms. The number of hydrogen-bond donors (Lipinski definition) is 1. The van der Waals surface area contributed by atoms with Gasteiger partial charge < -0.3 is 9.84 Å². The summed E-state index contributed by atoms with van der Waals surface area (Å²) in [6, 6.07) is 10.0. The number of aliphatic hydroxyl groups is 1. The molecule has 1 aromatic rings. The van der Waals surface area contributed by atoms with Crippen LogP contribution < -0.4 is 0 Å². The summed E-state index contributed by atoms with van der Waals surface area (Å²) in [5.41, 5.74) is 1.17. The monoisotopic (exact) mass is 178 g/mol. The first-order valence-corrected chi connectivity index (χ1v) is 4.71. The van der Waals surface area contributed by atoms with Crippen molar-refractivity contribution in [3.05, 3.63) is 35.9 Å². The molecule has 0 aliphatic carbocycles. The maximum atomic E-state index is 9.50. The molecule has 0 spiro atoms. The van der Waals surface area contributed by atoms with Crippen LogP contribution in [0.3, 0.4) is 0 Å². The molecular formula is C11H14O2. The average Bonchev–Trinajstić information content (AvgIpc) is 2.98. The van der Waals surface area contributed by atoms with Gasteiger partial charge in [-0.25, -0.2) is 0 Å². The highest BCUT2D eigenvalue weighted by atomic mass is 16.6. The summed E-state index contributed by atoms with van der Waals surface area (Å²) < 4.78 is 5.41. The number of hydrogen-bond acceptors (Lipinski definition) is 2. The van der Waals surface area contributed by atoms with Gasteiger partial charge in [0.25, 0.3) is 0 Å². The highest BCUT2D eigenvalue weighted by Gasteiger charge is 2.44. The summed E-state index contributed by atoms with van der Waals surface area (Å²) in [7, 11) is 0. The van der Waals surface area contributed by atoms with E-state index >= 15 is 0 Å². The smallest absolute Gasteiger partial charge is 0.115 e. The van der Waals surface area contributed by atoms with Gasteiger partial charge in [0.05, 0.1) is 6.10 Å². The first-order chi connectivity index (χ1) is 6.33. The van der Waals surface area contributed by atoms with E-state index in [0.29, 0.717) is 0 Å². The summed E-state index contributed by atoms with van der Waals surface area (Å²) in [5.74, 6) is 0. The van der Waals surface area contributed by atoms with Crippen molar-refractivity contribution in [3.63, 3.8) is 0 Å². The van der Waals surface area contributed by atoms with E-state index in [-0.39, 0.29) is 18.3 Å². The molecule has 1 N–H and O–H groups in total. The van der Waals surface area contributed by atoms with Crippen LogP contribution in [0, 0.1) is 0 Å². The second kappa shape index (κ2) is 3.48. The molecule has 2 nitrogen and oxygen atoms in total. The second-order valence-corrected chi connectivity index (χ2v) is 3.41. The summed E-state index contributed by atoms with van der Waals surface area (Å²) in [6.07, 6.45) is 0.585. The van der Waals surface area contributed by atoms with E-state index < -0.39 is 0 Å². The van der Waals surface area contributed by atoms with Crippen molar-refractivity contribution in [2.45, 2.75) is 31.7 Å². The Morgan fingerprint density at radius 3 is 2.69 bits per heavy atom. The lowest BCUT2D eigenvalue weighted by Gasteiger charge is -2.01. The van der Waals surface area contributed by atoms with E-state index in [4.69, 9.17) is 4.74 Å². The van der Waals surface area contributed by atoms with Crippen molar-refractivity contribution in [1.29, 1.82) is 0 Å². The van der Waals surface area contributed by atoms with Gasteiger partial charge >= 0.3 is 0 Å². The Labute approximate surface area is 78.2 Å². The highest BCUT2D eigenvalue weighted by Crippen LogP contribution is 2.41. The van der Waals surface area contributed by atoms with Crippen molar-refractivity contribution < 1.29 is 9.84 Å². The van der Waals surface area contributed by atoms with Crippen molar-refractivity contribution in [2.75, 3.05) is 0 Å². The molecule has 70 valence electrons. The van der Waals surface area contributed by atoms with Crippen LogP contribution in [0.2, 0.25) is 0 Å². The quantitative estimate of drug-likeness (QED) is 0.717. The SMILES string of the molecule is CC[C@@H](O)[C@H]1O[C@@H]1c1ccccc1. The van der Waals surface area contributed by atoms with Crippen LogP contribution in [0.1, 0.15) is 25.0 Å². The van der Waals surface area contributed by atoms with Crippen LogP contribution in [-0.2, 0) is 4.74 Å². The Hall–Kier alpha value is -0.860. The third kappa shape index (κ3) is 1.74. The fourth-order valence-electron chi connectivity index (χ4n) is 1.56. The summed E-state index contributed by atoms with van der Waals surface area (Å²) in [4.78, 5) is 0.